The van der Waals surface area contributed by atoms with Gasteiger partial charge < -0.3 is 15.4 Å². The first-order valence-corrected chi connectivity index (χ1v) is 10.4. The van der Waals surface area contributed by atoms with E-state index in [0.717, 1.165) is 49.0 Å². The van der Waals surface area contributed by atoms with E-state index in [9.17, 15) is 0 Å². The van der Waals surface area contributed by atoms with Crippen LogP contribution in [0.2, 0.25) is 0 Å². The Kier molecular flexibility index (Phi) is 8.30. The minimum Gasteiger partial charge on any atom is -0.378 e. The highest BCUT2D eigenvalue weighted by Crippen LogP contribution is 2.20. The molecule has 7 heteroatoms. The summed E-state index contributed by atoms with van der Waals surface area (Å²) >= 11 is 0. The van der Waals surface area contributed by atoms with Crippen LogP contribution in [0.3, 0.4) is 0 Å². The van der Waals surface area contributed by atoms with Crippen molar-refractivity contribution >= 4 is 5.96 Å². The number of hydrogen-bond donors (Lipinski definition) is 3. The minimum absolute atomic E-state index is 0.479. The van der Waals surface area contributed by atoms with Crippen molar-refractivity contribution in [1.82, 2.24) is 25.8 Å². The lowest BCUT2D eigenvalue weighted by Gasteiger charge is -2.22. The van der Waals surface area contributed by atoms with E-state index >= 15 is 0 Å². The average Bonchev–Trinajstić information content (AvgIpc) is 3.28. The summed E-state index contributed by atoms with van der Waals surface area (Å²) in [5, 5.41) is 13.5. The quantitative estimate of drug-likeness (QED) is 0.351. The van der Waals surface area contributed by atoms with Crippen LogP contribution in [0.25, 0.3) is 11.4 Å². The number of aromatic nitrogens is 3. The van der Waals surface area contributed by atoms with Gasteiger partial charge in [-0.2, -0.15) is 5.10 Å². The van der Waals surface area contributed by atoms with Crippen LogP contribution in [-0.4, -0.2) is 46.9 Å². The molecular formula is C21H32N6O. The zero-order chi connectivity index (χ0) is 19.4. The molecule has 0 radical (unpaired) electrons. The first-order chi connectivity index (χ1) is 13.8. The summed E-state index contributed by atoms with van der Waals surface area (Å²) in [4.78, 5) is 8.91. The topological polar surface area (TPSA) is 87.2 Å². The number of benzene rings is 1. The fourth-order valence-corrected chi connectivity index (χ4v) is 3.43. The number of hydrogen-bond acceptors (Lipinski definition) is 4. The monoisotopic (exact) mass is 384 g/mol. The van der Waals surface area contributed by atoms with Crippen LogP contribution in [-0.2, 0) is 11.3 Å². The lowest BCUT2D eigenvalue weighted by Crippen LogP contribution is -2.38. The van der Waals surface area contributed by atoms with E-state index in [4.69, 9.17) is 9.73 Å². The molecule has 0 amide bonds. The molecule has 1 aromatic carbocycles. The molecule has 1 saturated carbocycles. The summed E-state index contributed by atoms with van der Waals surface area (Å²) in [6, 6.07) is 8.20. The predicted molar refractivity (Wildman–Crippen MR) is 112 cm³/mol. The highest BCUT2D eigenvalue weighted by atomic mass is 16.5. The van der Waals surface area contributed by atoms with Gasteiger partial charge in [0, 0.05) is 25.3 Å². The van der Waals surface area contributed by atoms with Crippen LogP contribution in [0.15, 0.2) is 35.6 Å². The van der Waals surface area contributed by atoms with Gasteiger partial charge in [-0.3, -0.25) is 5.10 Å². The fourth-order valence-electron chi connectivity index (χ4n) is 3.43. The molecule has 1 aromatic heterocycles. The van der Waals surface area contributed by atoms with E-state index in [-0.39, 0.29) is 0 Å². The third-order valence-corrected chi connectivity index (χ3v) is 4.90. The Balaban J connectivity index is 1.44. The Morgan fingerprint density at radius 3 is 2.93 bits per heavy atom. The summed E-state index contributed by atoms with van der Waals surface area (Å²) in [6.45, 7) is 5.19. The number of nitrogens with one attached hydrogen (secondary N) is 3. The zero-order valence-electron chi connectivity index (χ0n) is 16.8. The maximum absolute atomic E-state index is 5.99. The predicted octanol–water partition coefficient (Wildman–Crippen LogP) is 3.27. The molecule has 0 unspecified atom stereocenters. The molecule has 1 aliphatic carbocycles. The van der Waals surface area contributed by atoms with Gasteiger partial charge in [-0.1, -0.05) is 37.5 Å². The molecule has 3 rings (SSSR count). The third kappa shape index (κ3) is 6.64. The van der Waals surface area contributed by atoms with Crippen LogP contribution in [0.4, 0.5) is 0 Å². The summed E-state index contributed by atoms with van der Waals surface area (Å²) in [6.07, 6.45) is 9.44. The number of aromatic amines is 1. The third-order valence-electron chi connectivity index (χ3n) is 4.90. The van der Waals surface area contributed by atoms with Gasteiger partial charge in [0.1, 0.15) is 6.33 Å². The molecule has 28 heavy (non-hydrogen) atoms. The number of rotatable bonds is 9. The van der Waals surface area contributed by atoms with Gasteiger partial charge in [-0.05, 0) is 37.8 Å². The van der Waals surface area contributed by atoms with Crippen molar-refractivity contribution in [2.24, 2.45) is 4.99 Å². The van der Waals surface area contributed by atoms with Crippen molar-refractivity contribution in [1.29, 1.82) is 0 Å². The molecule has 0 saturated heterocycles. The molecular weight excluding hydrogens is 352 g/mol. The molecule has 0 atom stereocenters. The molecule has 152 valence electrons. The second kappa shape index (κ2) is 11.4. The second-order valence-corrected chi connectivity index (χ2v) is 7.14. The lowest BCUT2D eigenvalue weighted by molar-refractivity contribution is 0.0277. The lowest BCUT2D eigenvalue weighted by atomic mass is 9.98. The number of guanidine groups is 1. The Morgan fingerprint density at radius 2 is 2.14 bits per heavy atom. The standard InChI is InChI=1S/C21H32N6O/c1-2-22-21(23-12-7-13-28-19-10-4-3-5-11-19)24-15-17-8-6-9-18(14-17)20-25-16-26-27-20/h6,8-9,14,16,19H,2-5,7,10-13,15H2,1H3,(H2,22,23,24)(H,25,26,27). The van der Waals surface area contributed by atoms with Gasteiger partial charge in [0.2, 0.25) is 0 Å². The van der Waals surface area contributed by atoms with E-state index in [1.54, 1.807) is 0 Å². The van der Waals surface area contributed by atoms with Crippen LogP contribution >= 0.6 is 0 Å². The Morgan fingerprint density at radius 1 is 1.25 bits per heavy atom. The van der Waals surface area contributed by atoms with Crippen LogP contribution in [0.1, 0.15) is 51.0 Å². The number of ether oxygens (including phenoxy) is 1. The van der Waals surface area contributed by atoms with Crippen LogP contribution < -0.4 is 10.6 Å². The Bertz CT molecular complexity index is 709. The number of aliphatic imine (C=N–C) groups is 1. The second-order valence-electron chi connectivity index (χ2n) is 7.14. The number of nitrogens with zero attached hydrogens (tertiary/aromatic N) is 3. The largest absolute Gasteiger partial charge is 0.378 e. The van der Waals surface area contributed by atoms with E-state index in [0.29, 0.717) is 12.6 Å². The van der Waals surface area contributed by atoms with Crippen molar-refractivity contribution in [2.45, 2.75) is 58.1 Å². The summed E-state index contributed by atoms with van der Waals surface area (Å²) in [7, 11) is 0. The van der Waals surface area contributed by atoms with Crippen LogP contribution in [0, 0.1) is 0 Å². The molecule has 0 bridgehead atoms. The smallest absolute Gasteiger partial charge is 0.191 e. The van der Waals surface area contributed by atoms with E-state index in [1.165, 1.54) is 38.4 Å². The summed E-state index contributed by atoms with van der Waals surface area (Å²) in [5.41, 5.74) is 2.15. The summed E-state index contributed by atoms with van der Waals surface area (Å²) in [5.74, 6) is 1.61. The van der Waals surface area contributed by atoms with Gasteiger partial charge in [0.05, 0.1) is 12.6 Å². The molecule has 0 spiro atoms. The normalized spacial score (nSPS) is 15.5. The Hall–Kier alpha value is -2.41. The van der Waals surface area contributed by atoms with Crippen molar-refractivity contribution in [2.75, 3.05) is 19.7 Å². The molecule has 3 N–H and O–H groups in total. The first-order valence-electron chi connectivity index (χ1n) is 10.4. The molecule has 1 fully saturated rings. The summed E-state index contributed by atoms with van der Waals surface area (Å²) < 4.78 is 5.99. The highest BCUT2D eigenvalue weighted by molar-refractivity contribution is 5.79. The van der Waals surface area contributed by atoms with Crippen LogP contribution in [0.5, 0.6) is 0 Å². The van der Waals surface area contributed by atoms with E-state index < -0.39 is 0 Å². The fraction of sp³-hybridized carbons (Fsp3) is 0.571. The van der Waals surface area contributed by atoms with Gasteiger partial charge in [-0.15, -0.1) is 0 Å². The van der Waals surface area contributed by atoms with Gasteiger partial charge >= 0.3 is 0 Å². The van der Waals surface area contributed by atoms with Gasteiger partial charge in [0.15, 0.2) is 11.8 Å². The molecule has 7 nitrogen and oxygen atoms in total. The van der Waals surface area contributed by atoms with Gasteiger partial charge in [0.25, 0.3) is 0 Å². The van der Waals surface area contributed by atoms with Crippen molar-refractivity contribution in [3.8, 4) is 11.4 Å². The first kappa shape index (κ1) is 20.3. The van der Waals surface area contributed by atoms with Crippen molar-refractivity contribution in [3.63, 3.8) is 0 Å². The maximum Gasteiger partial charge on any atom is 0.191 e. The highest BCUT2D eigenvalue weighted by Gasteiger charge is 2.13. The van der Waals surface area contributed by atoms with Gasteiger partial charge in [-0.25, -0.2) is 9.98 Å². The minimum atomic E-state index is 0.479. The maximum atomic E-state index is 5.99. The average molecular weight is 385 g/mol. The van der Waals surface area contributed by atoms with E-state index in [2.05, 4.69) is 44.9 Å². The van der Waals surface area contributed by atoms with E-state index in [1.807, 2.05) is 12.1 Å². The Labute approximate surface area is 167 Å². The number of H-pyrrole nitrogens is 1. The molecule has 2 aromatic rings. The van der Waals surface area contributed by atoms with Crippen molar-refractivity contribution in [3.05, 3.63) is 36.2 Å². The zero-order valence-corrected chi connectivity index (χ0v) is 16.8. The molecule has 0 aliphatic heterocycles. The molecule has 1 heterocycles. The molecule has 1 aliphatic rings. The van der Waals surface area contributed by atoms with Crippen molar-refractivity contribution < 1.29 is 4.74 Å². The SMILES string of the molecule is CCNC(=NCc1cccc(-c2ncn[nH]2)c1)NCCCOC1CCCCC1.